The van der Waals surface area contributed by atoms with E-state index in [0.717, 1.165) is 36.4 Å². The van der Waals surface area contributed by atoms with Crippen molar-refractivity contribution in [3.8, 4) is 83.8 Å². The highest BCUT2D eigenvalue weighted by Crippen LogP contribution is 2.48. The lowest BCUT2D eigenvalue weighted by Gasteiger charge is -2.19. The monoisotopic (exact) mass is 1610 g/mol. The van der Waals surface area contributed by atoms with Crippen LogP contribution in [-0.4, -0.2) is 30.9 Å². The molecule has 0 amide bonds. The second kappa shape index (κ2) is 30.2. The lowest BCUT2D eigenvalue weighted by molar-refractivity contribution is 0.426. The molecule has 0 atom stereocenters. The van der Waals surface area contributed by atoms with Crippen LogP contribution in [0.3, 0.4) is 0 Å². The van der Waals surface area contributed by atoms with Crippen molar-refractivity contribution in [3.05, 3.63) is 420 Å². The molecule has 0 aliphatic rings. The van der Waals surface area contributed by atoms with Gasteiger partial charge in [0.2, 0.25) is 0 Å². The smallest absolute Gasteiger partial charge is 0.423 e. The molecular weight excluding hydrogens is 1540 g/mol. The molecule has 0 aliphatic carbocycles. The van der Waals surface area contributed by atoms with E-state index in [-0.39, 0.29) is 0 Å². The van der Waals surface area contributed by atoms with E-state index < -0.39 is 7.12 Å². The fourth-order valence-corrected chi connectivity index (χ4v) is 18.3. The standard InChI is InChI=1S/C63H42N2.C27H18Br2.C18H14BNO2/c1-41-24-35-54-57(38-41)63(45-31-27-43(28-32-45)47-34-37-61-56(40-47)51-19-11-13-23-59(51)65(61)49-16-6-3-7-17-49)53-21-9-8-20-52(53)62(54)44-29-25-42(26-30-44)46-33-36-60-55(39-46)50-18-10-12-22-58(50)64(60)48-14-4-2-5-15-48;1-17-6-15-24-25(16-17)27(19-9-13-21(29)14-10-19)23-5-3-2-4-22(23)26(24)18-7-11-20(28)12-8-18;21-19(22)13-10-11-18-16(12-13)15-8-4-5-9-17(15)20(18)14-6-2-1-3-7-14/h2-40H,1H3;2-16H,1H3;1-12,21-22H. The normalized spacial score (nSPS) is 11.5. The molecule has 3 aromatic heterocycles. The number of aryl methyl sites for hydroxylation is 2. The minimum atomic E-state index is -1.46. The van der Waals surface area contributed by atoms with Gasteiger partial charge in [-0.05, 0) is 238 Å². The van der Waals surface area contributed by atoms with Crippen LogP contribution < -0.4 is 5.46 Å². The molecule has 0 saturated heterocycles. The molecule has 0 spiro atoms. The molecule has 5 nitrogen and oxygen atoms in total. The first-order chi connectivity index (χ1) is 57.0. The van der Waals surface area contributed by atoms with Gasteiger partial charge in [-0.1, -0.05) is 334 Å². The molecule has 22 rings (SSSR count). The minimum Gasteiger partial charge on any atom is -0.423 e. The summed E-state index contributed by atoms with van der Waals surface area (Å²) < 4.78 is 9.13. The summed E-state index contributed by atoms with van der Waals surface area (Å²) in [6.45, 7) is 4.37. The van der Waals surface area contributed by atoms with Crippen LogP contribution in [0.5, 0.6) is 0 Å². The van der Waals surface area contributed by atoms with Crippen molar-refractivity contribution >= 4 is 153 Å². The van der Waals surface area contributed by atoms with Gasteiger partial charge in [-0.15, -0.1) is 0 Å². The number of nitrogens with zero attached hydrogens (tertiary/aromatic N) is 3. The van der Waals surface area contributed by atoms with E-state index >= 15 is 0 Å². The number of rotatable bonds is 10. The van der Waals surface area contributed by atoms with Gasteiger partial charge in [0.15, 0.2) is 0 Å². The summed E-state index contributed by atoms with van der Waals surface area (Å²) in [5, 5.41) is 36.2. The predicted molar refractivity (Wildman–Crippen MR) is 500 cm³/mol. The van der Waals surface area contributed by atoms with Crippen LogP contribution in [0.1, 0.15) is 11.1 Å². The number of hydrogen-bond acceptors (Lipinski definition) is 2. The number of para-hydroxylation sites is 6. The Bertz CT molecular complexity index is 7540. The highest BCUT2D eigenvalue weighted by atomic mass is 79.9. The zero-order valence-electron chi connectivity index (χ0n) is 63.7. The van der Waals surface area contributed by atoms with Crippen LogP contribution in [-0.2, 0) is 0 Å². The highest BCUT2D eigenvalue weighted by Gasteiger charge is 2.23. The van der Waals surface area contributed by atoms with E-state index in [1.807, 2.05) is 42.5 Å². The van der Waals surface area contributed by atoms with E-state index in [1.54, 1.807) is 6.07 Å². The summed E-state index contributed by atoms with van der Waals surface area (Å²) in [5.41, 5.74) is 28.4. The zero-order valence-corrected chi connectivity index (χ0v) is 66.8. The molecular formula is C108H74BBr2N3O2. The van der Waals surface area contributed by atoms with Crippen molar-refractivity contribution in [3.63, 3.8) is 0 Å². The van der Waals surface area contributed by atoms with Crippen molar-refractivity contribution in [2.45, 2.75) is 13.8 Å². The molecule has 0 bridgehead atoms. The third-order valence-corrected chi connectivity index (χ3v) is 24.1. The van der Waals surface area contributed by atoms with Crippen LogP contribution in [0.4, 0.5) is 0 Å². The molecule has 2 N–H and O–H groups in total. The lowest BCUT2D eigenvalue weighted by Crippen LogP contribution is -2.29. The van der Waals surface area contributed by atoms with Gasteiger partial charge in [-0.25, -0.2) is 0 Å². The first kappa shape index (κ1) is 71.6. The SMILES string of the molecule is Cc1ccc2c(-c3ccc(-c4ccc5c(c4)c4ccccc4n5-c4ccccc4)cc3)c3ccccc3c(-c3ccc(-c4ccc5c(c4)c4ccccc4n5-c4ccccc4)cc3)c2c1.Cc1ccc2c(-c3ccc(Br)cc3)c3ccccc3c(-c3ccc(Br)cc3)c2c1.OB(O)c1ccc2c(c1)c1ccccc1n2-c1ccccc1. The number of hydrogen-bond donors (Lipinski definition) is 2. The maximum atomic E-state index is 9.43. The van der Waals surface area contributed by atoms with Crippen LogP contribution >= 0.6 is 31.9 Å². The molecule has 0 saturated carbocycles. The van der Waals surface area contributed by atoms with Gasteiger partial charge >= 0.3 is 7.12 Å². The summed E-state index contributed by atoms with van der Waals surface area (Å²) >= 11 is 7.14. The van der Waals surface area contributed by atoms with Crippen LogP contribution in [0, 0.1) is 13.8 Å². The average molecular weight is 1620 g/mol. The maximum absolute atomic E-state index is 9.43. The van der Waals surface area contributed by atoms with Gasteiger partial charge in [-0.3, -0.25) is 0 Å². The maximum Gasteiger partial charge on any atom is 0.488 e. The summed E-state index contributed by atoms with van der Waals surface area (Å²) in [5.74, 6) is 0. The first-order valence-corrected chi connectivity index (χ1v) is 40.9. The number of aromatic nitrogens is 3. The molecule has 0 unspecified atom stereocenters. The van der Waals surface area contributed by atoms with Crippen LogP contribution in [0.15, 0.2) is 409 Å². The predicted octanol–water partition coefficient (Wildman–Crippen LogP) is 28.8. The molecule has 3 heterocycles. The van der Waals surface area contributed by atoms with Gasteiger partial charge < -0.3 is 23.7 Å². The van der Waals surface area contributed by atoms with Crippen molar-refractivity contribution < 1.29 is 10.0 Å². The Balaban J connectivity index is 0.000000139. The van der Waals surface area contributed by atoms with Gasteiger partial charge in [0.25, 0.3) is 0 Å². The summed E-state index contributed by atoms with van der Waals surface area (Å²) in [6, 6.07) is 144. The number of fused-ring (bicyclic) bond motifs is 13. The molecule has 0 aliphatic heterocycles. The van der Waals surface area contributed by atoms with Gasteiger partial charge in [0, 0.05) is 58.3 Å². The van der Waals surface area contributed by atoms with E-state index in [9.17, 15) is 10.0 Å². The summed E-state index contributed by atoms with van der Waals surface area (Å²) in [7, 11) is -1.46. The first-order valence-electron chi connectivity index (χ1n) is 39.3. The van der Waals surface area contributed by atoms with Crippen molar-refractivity contribution in [2.24, 2.45) is 0 Å². The molecule has 19 aromatic carbocycles. The molecule has 0 fully saturated rings. The fourth-order valence-electron chi connectivity index (χ4n) is 17.7. The Labute approximate surface area is 689 Å². The minimum absolute atomic E-state index is 0.503. The Kier molecular flexibility index (Phi) is 18.6. The Morgan fingerprint density at radius 3 is 0.784 bits per heavy atom. The molecule has 550 valence electrons. The average Bonchev–Trinajstić information content (AvgIpc) is 1.04. The quantitative estimate of drug-likeness (QED) is 0.106. The molecule has 22 aromatic rings. The van der Waals surface area contributed by atoms with Crippen molar-refractivity contribution in [1.82, 2.24) is 13.7 Å². The van der Waals surface area contributed by atoms with E-state index in [1.165, 1.54) is 176 Å². The van der Waals surface area contributed by atoms with Crippen LogP contribution in [0.2, 0.25) is 0 Å². The van der Waals surface area contributed by atoms with Gasteiger partial charge in [0.05, 0.1) is 33.1 Å². The third kappa shape index (κ3) is 12.8. The Morgan fingerprint density at radius 1 is 0.198 bits per heavy atom. The van der Waals surface area contributed by atoms with E-state index in [4.69, 9.17) is 0 Å². The molecule has 116 heavy (non-hydrogen) atoms. The van der Waals surface area contributed by atoms with Crippen LogP contribution in [0.25, 0.3) is 192 Å². The van der Waals surface area contributed by atoms with E-state index in [0.29, 0.717) is 5.46 Å². The topological polar surface area (TPSA) is 55.2 Å². The summed E-state index contributed by atoms with van der Waals surface area (Å²) in [6.07, 6.45) is 0. The van der Waals surface area contributed by atoms with E-state index in [2.05, 4.69) is 411 Å². The molecule has 8 heteroatoms. The van der Waals surface area contributed by atoms with Crippen molar-refractivity contribution in [1.29, 1.82) is 0 Å². The second-order valence-electron chi connectivity index (χ2n) is 30.0. The Morgan fingerprint density at radius 2 is 0.448 bits per heavy atom. The second-order valence-corrected chi connectivity index (χ2v) is 31.9. The fraction of sp³-hybridized carbons (Fsp3) is 0.0185. The number of halogens is 2. The van der Waals surface area contributed by atoms with Gasteiger partial charge in [0.1, 0.15) is 0 Å². The summed E-state index contributed by atoms with van der Waals surface area (Å²) in [4.78, 5) is 0. The number of benzene rings is 19. The zero-order chi connectivity index (χ0) is 78.1. The van der Waals surface area contributed by atoms with Crippen molar-refractivity contribution in [2.75, 3.05) is 0 Å². The third-order valence-electron chi connectivity index (χ3n) is 23.0. The lowest BCUT2D eigenvalue weighted by atomic mass is 9.80. The van der Waals surface area contributed by atoms with Gasteiger partial charge in [-0.2, -0.15) is 0 Å². The molecule has 0 radical (unpaired) electrons. The largest absolute Gasteiger partial charge is 0.488 e. The Hall–Kier alpha value is -13.4. The highest BCUT2D eigenvalue weighted by molar-refractivity contribution is 9.10.